The molecule has 0 amide bonds. The van der Waals surface area contributed by atoms with Gasteiger partial charge in [0.25, 0.3) is 6.29 Å². The summed E-state index contributed by atoms with van der Waals surface area (Å²) >= 11 is 7.72. The molecule has 1 unspecified atom stereocenters. The molecular formula is C16H14ClNO3S. The first-order valence-electron chi connectivity index (χ1n) is 7.05. The quantitative estimate of drug-likeness (QED) is 0.768. The molecular weight excluding hydrogens is 322 g/mol. The van der Waals surface area contributed by atoms with Crippen molar-refractivity contribution in [2.45, 2.75) is 25.7 Å². The maximum Gasteiger partial charge on any atom is 0.275 e. The summed E-state index contributed by atoms with van der Waals surface area (Å²) in [5.41, 5.74) is 3.22. The van der Waals surface area contributed by atoms with Crippen molar-refractivity contribution in [3.8, 4) is 0 Å². The maximum atomic E-state index is 6.07. The highest BCUT2D eigenvalue weighted by Crippen LogP contribution is 2.40. The minimum absolute atomic E-state index is 0.179. The molecule has 0 spiro atoms. The standard InChI is InChI=1S/C16H14ClNO3S/c1-9-11(8-12(22-9)16-20-6-7-21-16)15-14-10(4-5-19-15)2-3-13(17)18-14/h2-3,6-8,15-16H,4-5H2,1H3. The summed E-state index contributed by atoms with van der Waals surface area (Å²) in [6.45, 7) is 2.76. The number of pyridine rings is 1. The molecule has 0 bridgehead atoms. The Bertz CT molecular complexity index is 735. The molecule has 114 valence electrons. The van der Waals surface area contributed by atoms with Crippen molar-refractivity contribution in [1.82, 2.24) is 4.98 Å². The molecule has 0 fully saturated rings. The van der Waals surface area contributed by atoms with Crippen LogP contribution in [0.3, 0.4) is 0 Å². The molecule has 4 heterocycles. The molecule has 0 N–H and O–H groups in total. The number of rotatable bonds is 2. The average Bonchev–Trinajstić information content (AvgIpc) is 3.16. The first-order chi connectivity index (χ1) is 10.7. The number of halogens is 1. The second kappa shape index (κ2) is 5.57. The molecule has 6 heteroatoms. The van der Waals surface area contributed by atoms with Crippen LogP contribution in [0.1, 0.15) is 39.0 Å². The Morgan fingerprint density at radius 3 is 2.91 bits per heavy atom. The number of hydrogen-bond donors (Lipinski definition) is 0. The highest BCUT2D eigenvalue weighted by Gasteiger charge is 2.29. The van der Waals surface area contributed by atoms with Gasteiger partial charge in [-0.1, -0.05) is 17.7 Å². The Hall–Kier alpha value is -1.56. The van der Waals surface area contributed by atoms with Gasteiger partial charge < -0.3 is 14.2 Å². The van der Waals surface area contributed by atoms with Crippen LogP contribution in [-0.4, -0.2) is 11.6 Å². The molecule has 2 aliphatic heterocycles. The van der Waals surface area contributed by atoms with E-state index in [1.165, 1.54) is 10.4 Å². The second-order valence-electron chi connectivity index (χ2n) is 5.22. The Labute approximate surface area is 137 Å². The fourth-order valence-corrected chi connectivity index (χ4v) is 3.97. The Morgan fingerprint density at radius 2 is 2.09 bits per heavy atom. The first-order valence-corrected chi connectivity index (χ1v) is 8.25. The van der Waals surface area contributed by atoms with E-state index in [1.807, 2.05) is 12.1 Å². The zero-order valence-corrected chi connectivity index (χ0v) is 13.5. The first kappa shape index (κ1) is 14.1. The molecule has 0 saturated heterocycles. The van der Waals surface area contributed by atoms with Gasteiger partial charge in [-0.25, -0.2) is 4.98 Å². The van der Waals surface area contributed by atoms with Gasteiger partial charge in [-0.15, -0.1) is 11.3 Å². The molecule has 2 aromatic rings. The highest BCUT2D eigenvalue weighted by molar-refractivity contribution is 7.12. The van der Waals surface area contributed by atoms with Crippen LogP contribution in [0.4, 0.5) is 0 Å². The lowest BCUT2D eigenvalue weighted by molar-refractivity contribution is -0.0218. The van der Waals surface area contributed by atoms with Crippen LogP contribution in [-0.2, 0) is 20.6 Å². The summed E-state index contributed by atoms with van der Waals surface area (Å²) in [5.74, 6) is 0. The number of hydrogen-bond acceptors (Lipinski definition) is 5. The zero-order valence-electron chi connectivity index (χ0n) is 11.9. The van der Waals surface area contributed by atoms with Gasteiger partial charge in [0, 0.05) is 10.4 Å². The Morgan fingerprint density at radius 1 is 1.27 bits per heavy atom. The molecule has 4 rings (SSSR count). The third-order valence-electron chi connectivity index (χ3n) is 3.83. The van der Waals surface area contributed by atoms with Gasteiger partial charge >= 0.3 is 0 Å². The van der Waals surface area contributed by atoms with E-state index in [4.69, 9.17) is 25.8 Å². The van der Waals surface area contributed by atoms with E-state index in [2.05, 4.69) is 18.0 Å². The summed E-state index contributed by atoms with van der Waals surface area (Å²) in [7, 11) is 0. The average molecular weight is 336 g/mol. The molecule has 0 aromatic carbocycles. The van der Waals surface area contributed by atoms with Crippen LogP contribution in [0, 0.1) is 6.92 Å². The molecule has 2 aliphatic rings. The number of aryl methyl sites for hydroxylation is 1. The number of nitrogens with zero attached hydrogens (tertiary/aromatic N) is 1. The van der Waals surface area contributed by atoms with Crippen LogP contribution in [0.15, 0.2) is 30.7 Å². The lowest BCUT2D eigenvalue weighted by Crippen LogP contribution is -2.19. The minimum Gasteiger partial charge on any atom is -0.454 e. The normalized spacial score (nSPS) is 20.5. The fraction of sp³-hybridized carbons (Fsp3) is 0.312. The number of fused-ring (bicyclic) bond motifs is 1. The van der Waals surface area contributed by atoms with E-state index >= 15 is 0 Å². The van der Waals surface area contributed by atoms with E-state index in [9.17, 15) is 0 Å². The van der Waals surface area contributed by atoms with Gasteiger partial charge in [0.15, 0.2) is 0 Å². The highest BCUT2D eigenvalue weighted by atomic mass is 35.5. The van der Waals surface area contributed by atoms with Crippen LogP contribution in [0.25, 0.3) is 0 Å². The molecule has 0 aliphatic carbocycles. The summed E-state index contributed by atoms with van der Waals surface area (Å²) in [5, 5.41) is 0.494. The van der Waals surface area contributed by atoms with E-state index in [0.717, 1.165) is 22.6 Å². The van der Waals surface area contributed by atoms with Gasteiger partial charge in [-0.05, 0) is 31.0 Å². The van der Waals surface area contributed by atoms with Crippen molar-refractivity contribution < 1.29 is 14.2 Å². The van der Waals surface area contributed by atoms with E-state index in [0.29, 0.717) is 11.8 Å². The predicted octanol–water partition coefficient (Wildman–Crippen LogP) is 4.28. The molecule has 1 atom stereocenters. The van der Waals surface area contributed by atoms with Crippen LogP contribution in [0.5, 0.6) is 0 Å². The summed E-state index contributed by atoms with van der Waals surface area (Å²) < 4.78 is 16.8. The van der Waals surface area contributed by atoms with Crippen molar-refractivity contribution in [3.05, 3.63) is 62.5 Å². The topological polar surface area (TPSA) is 40.6 Å². The van der Waals surface area contributed by atoms with Crippen molar-refractivity contribution in [2.24, 2.45) is 0 Å². The predicted molar refractivity (Wildman–Crippen MR) is 83.9 cm³/mol. The largest absolute Gasteiger partial charge is 0.454 e. The van der Waals surface area contributed by atoms with Crippen molar-refractivity contribution in [1.29, 1.82) is 0 Å². The third kappa shape index (κ3) is 2.39. The smallest absolute Gasteiger partial charge is 0.275 e. The molecule has 4 nitrogen and oxygen atoms in total. The lowest BCUT2D eigenvalue weighted by Gasteiger charge is -2.25. The van der Waals surface area contributed by atoms with Crippen molar-refractivity contribution in [2.75, 3.05) is 6.61 Å². The van der Waals surface area contributed by atoms with Crippen LogP contribution < -0.4 is 0 Å². The number of aromatic nitrogens is 1. The van der Waals surface area contributed by atoms with E-state index in [1.54, 1.807) is 23.9 Å². The molecule has 0 saturated carbocycles. The van der Waals surface area contributed by atoms with Gasteiger partial charge in [0.1, 0.15) is 23.8 Å². The van der Waals surface area contributed by atoms with E-state index < -0.39 is 0 Å². The Kier molecular flexibility index (Phi) is 3.56. The van der Waals surface area contributed by atoms with Crippen molar-refractivity contribution in [3.63, 3.8) is 0 Å². The third-order valence-corrected chi connectivity index (χ3v) is 5.13. The SMILES string of the molecule is Cc1sc(C2OC=CO2)cc1C1OCCc2ccc(Cl)nc21. The van der Waals surface area contributed by atoms with Gasteiger partial charge in [-0.3, -0.25) is 0 Å². The van der Waals surface area contributed by atoms with Gasteiger partial charge in [0.2, 0.25) is 0 Å². The van der Waals surface area contributed by atoms with Crippen LogP contribution >= 0.6 is 22.9 Å². The zero-order chi connectivity index (χ0) is 15.1. The second-order valence-corrected chi connectivity index (χ2v) is 6.89. The molecule has 0 radical (unpaired) electrons. The minimum atomic E-state index is -0.354. The summed E-state index contributed by atoms with van der Waals surface area (Å²) in [6, 6.07) is 5.95. The Balaban J connectivity index is 1.72. The van der Waals surface area contributed by atoms with Crippen LogP contribution in [0.2, 0.25) is 5.15 Å². The summed E-state index contributed by atoms with van der Waals surface area (Å²) in [6.07, 6.45) is 3.46. The summed E-state index contributed by atoms with van der Waals surface area (Å²) in [4.78, 5) is 6.69. The molecule has 22 heavy (non-hydrogen) atoms. The monoisotopic (exact) mass is 335 g/mol. The number of thiophene rings is 1. The number of ether oxygens (including phenoxy) is 3. The van der Waals surface area contributed by atoms with E-state index in [-0.39, 0.29) is 12.4 Å². The maximum absolute atomic E-state index is 6.07. The van der Waals surface area contributed by atoms with Gasteiger partial charge in [0.05, 0.1) is 17.2 Å². The lowest BCUT2D eigenvalue weighted by atomic mass is 9.98. The van der Waals surface area contributed by atoms with Crippen molar-refractivity contribution >= 4 is 22.9 Å². The molecule has 2 aromatic heterocycles. The van der Waals surface area contributed by atoms with Gasteiger partial charge in [-0.2, -0.15) is 0 Å². The fourth-order valence-electron chi connectivity index (χ4n) is 2.79.